The molecule has 27 heavy (non-hydrogen) atoms. The summed E-state index contributed by atoms with van der Waals surface area (Å²) in [6.07, 6.45) is -0.158. The van der Waals surface area contributed by atoms with Crippen molar-refractivity contribution in [2.75, 3.05) is 16.4 Å². The van der Waals surface area contributed by atoms with Gasteiger partial charge in [-0.3, -0.25) is 9.59 Å². The van der Waals surface area contributed by atoms with Gasteiger partial charge in [-0.1, -0.05) is 17.7 Å². The summed E-state index contributed by atoms with van der Waals surface area (Å²) in [7, 11) is -3.71. The van der Waals surface area contributed by atoms with Gasteiger partial charge < -0.3 is 10.6 Å². The van der Waals surface area contributed by atoms with E-state index < -0.39 is 15.1 Å². The third kappa shape index (κ3) is 4.51. The van der Waals surface area contributed by atoms with Crippen LogP contribution in [0.25, 0.3) is 0 Å². The molecule has 3 rings (SSSR count). The number of hydrogen-bond donors (Lipinski definition) is 2. The van der Waals surface area contributed by atoms with E-state index in [1.54, 1.807) is 18.2 Å². The minimum atomic E-state index is -3.71. The zero-order chi connectivity index (χ0) is 19.6. The standard InChI is InChI=1S/C19H20N2O4S2/c1-12-3-5-14(6-4-12)20-18(22)9-13(2)27(24,25)15-7-8-17-16(10-15)21-19(23)11-26-17/h3-8,10,13H,9,11H2,1-2H3,(H,20,22)(H,21,23)/t13-/m1/s1. The Hall–Kier alpha value is -2.32. The highest BCUT2D eigenvalue weighted by atomic mass is 32.2. The highest BCUT2D eigenvalue weighted by Crippen LogP contribution is 2.34. The van der Waals surface area contributed by atoms with E-state index in [1.807, 2.05) is 19.1 Å². The van der Waals surface area contributed by atoms with Crippen molar-refractivity contribution in [1.29, 1.82) is 0 Å². The fraction of sp³-hybridized carbons (Fsp3) is 0.263. The van der Waals surface area contributed by atoms with Crippen molar-refractivity contribution in [3.63, 3.8) is 0 Å². The van der Waals surface area contributed by atoms with Gasteiger partial charge in [0.05, 0.1) is 21.6 Å². The van der Waals surface area contributed by atoms with Crippen molar-refractivity contribution in [2.24, 2.45) is 0 Å². The van der Waals surface area contributed by atoms with Crippen LogP contribution in [0.5, 0.6) is 0 Å². The van der Waals surface area contributed by atoms with Gasteiger partial charge in [0.15, 0.2) is 9.84 Å². The fourth-order valence-electron chi connectivity index (χ4n) is 2.69. The number of thioether (sulfide) groups is 1. The van der Waals surface area contributed by atoms with E-state index in [0.29, 0.717) is 17.1 Å². The third-order valence-corrected chi connectivity index (χ3v) is 7.46. The van der Waals surface area contributed by atoms with Gasteiger partial charge in [0, 0.05) is 17.0 Å². The molecule has 0 aliphatic carbocycles. The molecular formula is C19H20N2O4S2. The summed E-state index contributed by atoms with van der Waals surface area (Å²) >= 11 is 1.37. The number of sulfone groups is 1. The molecular weight excluding hydrogens is 384 g/mol. The first-order valence-corrected chi connectivity index (χ1v) is 11.0. The number of nitrogens with one attached hydrogen (secondary N) is 2. The zero-order valence-electron chi connectivity index (χ0n) is 15.0. The predicted octanol–water partition coefficient (Wildman–Crippen LogP) is 3.23. The van der Waals surface area contributed by atoms with E-state index in [2.05, 4.69) is 10.6 Å². The number of anilines is 2. The van der Waals surface area contributed by atoms with E-state index in [4.69, 9.17) is 0 Å². The Labute approximate surface area is 162 Å². The number of carbonyl (C=O) groups is 2. The largest absolute Gasteiger partial charge is 0.326 e. The summed E-state index contributed by atoms with van der Waals surface area (Å²) in [6, 6.07) is 12.0. The van der Waals surface area contributed by atoms with Gasteiger partial charge in [0.2, 0.25) is 11.8 Å². The second kappa shape index (κ2) is 7.74. The molecule has 1 atom stereocenters. The quantitative estimate of drug-likeness (QED) is 0.798. The Morgan fingerprint density at radius 3 is 2.63 bits per heavy atom. The number of hydrogen-bond acceptors (Lipinski definition) is 5. The maximum atomic E-state index is 12.8. The summed E-state index contributed by atoms with van der Waals surface area (Å²) in [6.45, 7) is 3.45. The lowest BCUT2D eigenvalue weighted by Crippen LogP contribution is -2.25. The molecule has 2 aromatic rings. The molecule has 0 unspecified atom stereocenters. The van der Waals surface area contributed by atoms with Crippen LogP contribution in [0.1, 0.15) is 18.9 Å². The first-order valence-electron chi connectivity index (χ1n) is 8.43. The van der Waals surface area contributed by atoms with Gasteiger partial charge >= 0.3 is 0 Å². The van der Waals surface area contributed by atoms with Crippen molar-refractivity contribution in [1.82, 2.24) is 0 Å². The van der Waals surface area contributed by atoms with Crippen LogP contribution in [0.2, 0.25) is 0 Å². The van der Waals surface area contributed by atoms with E-state index in [0.717, 1.165) is 10.5 Å². The highest BCUT2D eigenvalue weighted by Gasteiger charge is 2.27. The molecule has 2 N–H and O–H groups in total. The molecule has 2 aromatic carbocycles. The summed E-state index contributed by atoms with van der Waals surface area (Å²) in [5, 5.41) is 4.51. The molecule has 0 aromatic heterocycles. The summed E-state index contributed by atoms with van der Waals surface area (Å²) in [4.78, 5) is 24.7. The molecule has 0 spiro atoms. The average Bonchev–Trinajstić information content (AvgIpc) is 2.62. The van der Waals surface area contributed by atoms with E-state index >= 15 is 0 Å². The molecule has 8 heteroatoms. The molecule has 0 fully saturated rings. The smallest absolute Gasteiger partial charge is 0.234 e. The Balaban J connectivity index is 1.72. The highest BCUT2D eigenvalue weighted by molar-refractivity contribution is 8.00. The lowest BCUT2D eigenvalue weighted by molar-refractivity contribution is -0.116. The van der Waals surface area contributed by atoms with Crippen LogP contribution in [0, 0.1) is 6.92 Å². The SMILES string of the molecule is Cc1ccc(NC(=O)C[C@@H](C)S(=O)(=O)c2ccc3c(c2)NC(=O)CS3)cc1. The number of amides is 2. The van der Waals surface area contributed by atoms with Crippen molar-refractivity contribution in [2.45, 2.75) is 35.3 Å². The molecule has 0 bridgehead atoms. The predicted molar refractivity (Wildman–Crippen MR) is 107 cm³/mol. The van der Waals surface area contributed by atoms with Crippen LogP contribution in [-0.2, 0) is 19.4 Å². The molecule has 0 radical (unpaired) electrons. The number of benzene rings is 2. The van der Waals surface area contributed by atoms with Gasteiger partial charge in [-0.15, -0.1) is 11.8 Å². The van der Waals surface area contributed by atoms with Crippen molar-refractivity contribution in [3.05, 3.63) is 48.0 Å². The molecule has 6 nitrogen and oxygen atoms in total. The van der Waals surface area contributed by atoms with Gasteiger partial charge in [-0.2, -0.15) is 0 Å². The first-order chi connectivity index (χ1) is 12.8. The summed E-state index contributed by atoms with van der Waals surface area (Å²) < 4.78 is 25.7. The van der Waals surface area contributed by atoms with E-state index in [1.165, 1.54) is 30.8 Å². The minimum absolute atomic E-state index is 0.0969. The number of rotatable bonds is 5. The van der Waals surface area contributed by atoms with Gasteiger partial charge in [0.25, 0.3) is 0 Å². The Bertz CT molecular complexity index is 985. The van der Waals surface area contributed by atoms with Gasteiger partial charge in [-0.25, -0.2) is 8.42 Å². The second-order valence-corrected chi connectivity index (χ2v) is 9.85. The molecule has 1 aliphatic heterocycles. The maximum absolute atomic E-state index is 12.8. The number of aryl methyl sites for hydroxylation is 1. The molecule has 1 aliphatic rings. The number of fused-ring (bicyclic) bond motifs is 1. The first kappa shape index (κ1) is 19.4. The third-order valence-electron chi connectivity index (χ3n) is 4.25. The van der Waals surface area contributed by atoms with Crippen LogP contribution >= 0.6 is 11.8 Å². The van der Waals surface area contributed by atoms with Crippen molar-refractivity contribution >= 4 is 44.8 Å². The maximum Gasteiger partial charge on any atom is 0.234 e. The van der Waals surface area contributed by atoms with Gasteiger partial charge in [0.1, 0.15) is 0 Å². The molecule has 142 valence electrons. The Morgan fingerprint density at radius 2 is 1.93 bits per heavy atom. The molecule has 1 heterocycles. The van der Waals surface area contributed by atoms with Crippen LogP contribution in [-0.4, -0.2) is 31.2 Å². The van der Waals surface area contributed by atoms with Crippen LogP contribution in [0.3, 0.4) is 0 Å². The minimum Gasteiger partial charge on any atom is -0.326 e. The molecule has 0 saturated heterocycles. The summed E-state index contributed by atoms with van der Waals surface area (Å²) in [5.41, 5.74) is 2.19. The van der Waals surface area contributed by atoms with Crippen LogP contribution in [0.4, 0.5) is 11.4 Å². The van der Waals surface area contributed by atoms with Crippen LogP contribution in [0.15, 0.2) is 52.3 Å². The fourth-order valence-corrected chi connectivity index (χ4v) is 4.85. The van der Waals surface area contributed by atoms with Gasteiger partial charge in [-0.05, 0) is 44.2 Å². The lowest BCUT2D eigenvalue weighted by Gasteiger charge is -2.18. The number of carbonyl (C=O) groups excluding carboxylic acids is 2. The summed E-state index contributed by atoms with van der Waals surface area (Å²) in [5.74, 6) is -0.210. The second-order valence-electron chi connectivity index (χ2n) is 6.47. The molecule has 0 saturated carbocycles. The van der Waals surface area contributed by atoms with E-state index in [-0.39, 0.29) is 23.1 Å². The van der Waals surface area contributed by atoms with Crippen molar-refractivity contribution in [3.8, 4) is 0 Å². The van der Waals surface area contributed by atoms with E-state index in [9.17, 15) is 18.0 Å². The van der Waals surface area contributed by atoms with Crippen LogP contribution < -0.4 is 10.6 Å². The monoisotopic (exact) mass is 404 g/mol. The normalized spacial score (nSPS) is 14.8. The van der Waals surface area contributed by atoms with Crippen molar-refractivity contribution < 1.29 is 18.0 Å². The Kier molecular flexibility index (Phi) is 5.57. The topological polar surface area (TPSA) is 92.3 Å². The Morgan fingerprint density at radius 1 is 1.22 bits per heavy atom. The molecule has 2 amide bonds. The zero-order valence-corrected chi connectivity index (χ0v) is 16.6. The lowest BCUT2D eigenvalue weighted by atomic mass is 10.2. The average molecular weight is 405 g/mol.